The van der Waals surface area contributed by atoms with Crippen molar-refractivity contribution in [2.24, 2.45) is 5.73 Å². The molecule has 0 fully saturated rings. The first-order chi connectivity index (χ1) is 7.83. The number of unbranched alkanes of at least 4 members (excludes halogenated alkanes) is 1. The van der Waals surface area contributed by atoms with Crippen LogP contribution in [0.2, 0.25) is 0 Å². The fourth-order valence-electron chi connectivity index (χ4n) is 2.70. The van der Waals surface area contributed by atoms with Crippen LogP contribution in [-0.4, -0.2) is 11.0 Å². The van der Waals surface area contributed by atoms with Gasteiger partial charge >= 0.3 is 0 Å². The number of rotatable bonds is 4. The predicted octanol–water partition coefficient (Wildman–Crippen LogP) is 3.02. The summed E-state index contributed by atoms with van der Waals surface area (Å²) in [7, 11) is 0. The fraction of sp³-hybridized carbons (Fsp3) is 0.643. The molecule has 0 aliphatic heterocycles. The first-order valence-corrected chi connectivity index (χ1v) is 6.52. The lowest BCUT2D eigenvalue weighted by molar-refractivity contribution is 0.423. The van der Waals surface area contributed by atoms with Gasteiger partial charge in [-0.1, -0.05) is 25.8 Å². The van der Waals surface area contributed by atoms with E-state index in [0.717, 1.165) is 6.42 Å². The number of hydrogen-bond donors (Lipinski definition) is 1. The number of hydrogen-bond acceptors (Lipinski definition) is 2. The molecule has 0 saturated heterocycles. The Bertz CT molecular complexity index is 335. The minimum Gasteiger partial charge on any atom is -0.327 e. The molecule has 1 aliphatic carbocycles. The Morgan fingerprint density at radius 3 is 3.25 bits per heavy atom. The third kappa shape index (κ3) is 2.43. The zero-order valence-electron chi connectivity index (χ0n) is 10.2. The summed E-state index contributed by atoms with van der Waals surface area (Å²) in [5.74, 6) is 0.497. The van der Waals surface area contributed by atoms with Gasteiger partial charge < -0.3 is 5.73 Å². The van der Waals surface area contributed by atoms with Gasteiger partial charge in [0.15, 0.2) is 0 Å². The summed E-state index contributed by atoms with van der Waals surface area (Å²) in [6.07, 6.45) is 9.18. The largest absolute Gasteiger partial charge is 0.327 e. The molecule has 2 rings (SSSR count). The Balaban J connectivity index is 2.12. The zero-order valence-corrected chi connectivity index (χ0v) is 10.2. The van der Waals surface area contributed by atoms with E-state index in [0.29, 0.717) is 12.0 Å². The normalized spacial score (nSPS) is 21.5. The molecule has 2 heteroatoms. The summed E-state index contributed by atoms with van der Waals surface area (Å²) in [6, 6.07) is 4.55. The highest BCUT2D eigenvalue weighted by atomic mass is 14.7. The Morgan fingerprint density at radius 2 is 2.44 bits per heavy atom. The Kier molecular flexibility index (Phi) is 3.94. The average molecular weight is 218 g/mol. The van der Waals surface area contributed by atoms with Crippen molar-refractivity contribution in [3.05, 3.63) is 29.6 Å². The van der Waals surface area contributed by atoms with Gasteiger partial charge in [-0.2, -0.15) is 0 Å². The molecular weight excluding hydrogens is 196 g/mol. The van der Waals surface area contributed by atoms with Crippen LogP contribution < -0.4 is 5.73 Å². The van der Waals surface area contributed by atoms with Gasteiger partial charge in [-0.15, -0.1) is 0 Å². The van der Waals surface area contributed by atoms with Gasteiger partial charge in [0, 0.05) is 23.9 Å². The summed E-state index contributed by atoms with van der Waals surface area (Å²) in [4.78, 5) is 4.55. The first kappa shape index (κ1) is 11.6. The quantitative estimate of drug-likeness (QED) is 0.843. The predicted molar refractivity (Wildman–Crippen MR) is 67.4 cm³/mol. The van der Waals surface area contributed by atoms with Crippen LogP contribution in [0.15, 0.2) is 18.3 Å². The van der Waals surface area contributed by atoms with E-state index in [2.05, 4.69) is 18.0 Å². The second-order valence-electron chi connectivity index (χ2n) is 4.85. The van der Waals surface area contributed by atoms with Crippen molar-refractivity contribution in [3.8, 4) is 0 Å². The van der Waals surface area contributed by atoms with E-state index in [1.54, 1.807) is 0 Å². The Morgan fingerprint density at radius 1 is 1.56 bits per heavy atom. The molecule has 2 nitrogen and oxygen atoms in total. The molecule has 1 heterocycles. The van der Waals surface area contributed by atoms with Crippen LogP contribution in [-0.2, 0) is 6.42 Å². The highest BCUT2D eigenvalue weighted by molar-refractivity contribution is 5.27. The monoisotopic (exact) mass is 218 g/mol. The van der Waals surface area contributed by atoms with Gasteiger partial charge in [-0.25, -0.2) is 0 Å². The standard InChI is InChI=1S/C14H22N2/c1-2-3-9-13(15)12-8-4-6-11-7-5-10-16-14(11)12/h5,7,10,12-13H,2-4,6,8-9,15H2,1H3. The molecule has 1 aliphatic rings. The molecular formula is C14H22N2. The van der Waals surface area contributed by atoms with Gasteiger partial charge in [0.25, 0.3) is 0 Å². The van der Waals surface area contributed by atoms with E-state index >= 15 is 0 Å². The second kappa shape index (κ2) is 5.44. The smallest absolute Gasteiger partial charge is 0.0481 e. The van der Waals surface area contributed by atoms with Crippen LogP contribution in [0.1, 0.15) is 56.2 Å². The van der Waals surface area contributed by atoms with Crippen LogP contribution in [0.3, 0.4) is 0 Å². The van der Waals surface area contributed by atoms with E-state index in [1.165, 1.54) is 43.4 Å². The number of pyridine rings is 1. The van der Waals surface area contributed by atoms with Crippen molar-refractivity contribution in [3.63, 3.8) is 0 Å². The SMILES string of the molecule is CCCCC(N)C1CCCc2cccnc21. The summed E-state index contributed by atoms with van der Waals surface area (Å²) >= 11 is 0. The molecule has 0 amide bonds. The zero-order chi connectivity index (χ0) is 11.4. The third-order valence-electron chi connectivity index (χ3n) is 3.65. The molecule has 0 aromatic carbocycles. The lowest BCUT2D eigenvalue weighted by Gasteiger charge is -2.29. The van der Waals surface area contributed by atoms with Crippen molar-refractivity contribution in [1.29, 1.82) is 0 Å². The molecule has 0 radical (unpaired) electrons. The van der Waals surface area contributed by atoms with Crippen molar-refractivity contribution in [2.75, 3.05) is 0 Å². The molecule has 2 unspecified atom stereocenters. The van der Waals surface area contributed by atoms with Crippen LogP contribution in [0.5, 0.6) is 0 Å². The highest BCUT2D eigenvalue weighted by Crippen LogP contribution is 2.32. The van der Waals surface area contributed by atoms with E-state index in [1.807, 2.05) is 12.3 Å². The number of nitrogens with two attached hydrogens (primary N) is 1. The van der Waals surface area contributed by atoms with E-state index < -0.39 is 0 Å². The summed E-state index contributed by atoms with van der Waals surface area (Å²) in [5.41, 5.74) is 9.01. The summed E-state index contributed by atoms with van der Waals surface area (Å²) < 4.78 is 0. The van der Waals surface area contributed by atoms with Gasteiger partial charge in [-0.05, 0) is 37.3 Å². The average Bonchev–Trinajstić information content (AvgIpc) is 2.35. The van der Waals surface area contributed by atoms with Crippen molar-refractivity contribution >= 4 is 0 Å². The number of aromatic nitrogens is 1. The molecule has 0 saturated carbocycles. The maximum absolute atomic E-state index is 6.31. The molecule has 2 atom stereocenters. The lowest BCUT2D eigenvalue weighted by atomic mass is 9.81. The number of fused-ring (bicyclic) bond motifs is 1. The minimum atomic E-state index is 0.300. The van der Waals surface area contributed by atoms with E-state index in [9.17, 15) is 0 Å². The second-order valence-corrected chi connectivity index (χ2v) is 4.85. The number of aryl methyl sites for hydroxylation is 1. The molecule has 1 aromatic rings. The Hall–Kier alpha value is -0.890. The molecule has 0 bridgehead atoms. The van der Waals surface area contributed by atoms with Crippen molar-refractivity contribution in [1.82, 2.24) is 4.98 Å². The topological polar surface area (TPSA) is 38.9 Å². The van der Waals surface area contributed by atoms with Crippen LogP contribution in [0.25, 0.3) is 0 Å². The summed E-state index contributed by atoms with van der Waals surface area (Å²) in [6.45, 7) is 2.22. The first-order valence-electron chi connectivity index (χ1n) is 6.52. The van der Waals surface area contributed by atoms with Gasteiger partial charge in [0.2, 0.25) is 0 Å². The van der Waals surface area contributed by atoms with Gasteiger partial charge in [-0.3, -0.25) is 4.98 Å². The van der Waals surface area contributed by atoms with Crippen LogP contribution >= 0.6 is 0 Å². The molecule has 88 valence electrons. The van der Waals surface area contributed by atoms with E-state index in [-0.39, 0.29) is 0 Å². The van der Waals surface area contributed by atoms with Gasteiger partial charge in [0.1, 0.15) is 0 Å². The van der Waals surface area contributed by atoms with Crippen molar-refractivity contribution < 1.29 is 0 Å². The fourth-order valence-corrected chi connectivity index (χ4v) is 2.70. The number of nitrogens with zero attached hydrogens (tertiary/aromatic N) is 1. The lowest BCUT2D eigenvalue weighted by Crippen LogP contribution is -2.31. The minimum absolute atomic E-state index is 0.300. The maximum atomic E-state index is 6.31. The van der Waals surface area contributed by atoms with Crippen LogP contribution in [0, 0.1) is 0 Å². The highest BCUT2D eigenvalue weighted by Gasteiger charge is 2.26. The van der Waals surface area contributed by atoms with E-state index in [4.69, 9.17) is 5.73 Å². The van der Waals surface area contributed by atoms with Gasteiger partial charge in [0.05, 0.1) is 0 Å². The summed E-state index contributed by atoms with van der Waals surface area (Å²) in [5, 5.41) is 0. The maximum Gasteiger partial charge on any atom is 0.0481 e. The Labute approximate surface area is 98.3 Å². The molecule has 1 aromatic heterocycles. The molecule has 0 spiro atoms. The molecule has 2 N–H and O–H groups in total. The third-order valence-corrected chi connectivity index (χ3v) is 3.65. The molecule has 16 heavy (non-hydrogen) atoms. The van der Waals surface area contributed by atoms with Crippen LogP contribution in [0.4, 0.5) is 0 Å². The van der Waals surface area contributed by atoms with Crippen molar-refractivity contribution in [2.45, 2.75) is 57.4 Å².